The predicted octanol–water partition coefficient (Wildman–Crippen LogP) is 1.61. The number of methoxy groups -OCH3 is 1. The van der Waals surface area contributed by atoms with Crippen LogP contribution in [-0.2, 0) is 14.2 Å². The molecule has 0 N–H and O–H groups in total. The third-order valence-corrected chi connectivity index (χ3v) is 2.92. The van der Waals surface area contributed by atoms with E-state index in [-0.39, 0.29) is 17.8 Å². The second-order valence-electron chi connectivity index (χ2n) is 3.73. The van der Waals surface area contributed by atoms with Crippen LogP contribution in [0.25, 0.3) is 0 Å². The topological polar surface area (TPSA) is 27.7 Å². The van der Waals surface area contributed by atoms with E-state index in [2.05, 4.69) is 13.8 Å². The number of hydrogen-bond acceptors (Lipinski definition) is 3. The molecule has 0 amide bonds. The summed E-state index contributed by atoms with van der Waals surface area (Å²) >= 11 is 0. The fourth-order valence-corrected chi connectivity index (χ4v) is 1.44. The Labute approximate surface area is 80.4 Å². The van der Waals surface area contributed by atoms with Gasteiger partial charge in [0.1, 0.15) is 5.60 Å². The van der Waals surface area contributed by atoms with E-state index in [0.29, 0.717) is 6.61 Å². The van der Waals surface area contributed by atoms with Crippen molar-refractivity contribution in [3.05, 3.63) is 0 Å². The Kier molecular flexibility index (Phi) is 3.71. The van der Waals surface area contributed by atoms with Gasteiger partial charge in [0.05, 0.1) is 25.4 Å². The summed E-state index contributed by atoms with van der Waals surface area (Å²) in [6.07, 6.45) is 1.39. The summed E-state index contributed by atoms with van der Waals surface area (Å²) in [6.45, 7) is 7.58. The molecule has 13 heavy (non-hydrogen) atoms. The van der Waals surface area contributed by atoms with Crippen molar-refractivity contribution < 1.29 is 14.2 Å². The van der Waals surface area contributed by atoms with Gasteiger partial charge in [-0.3, -0.25) is 0 Å². The van der Waals surface area contributed by atoms with Crippen LogP contribution in [-0.4, -0.2) is 38.1 Å². The first-order chi connectivity index (χ1) is 6.14. The zero-order chi connectivity index (χ0) is 9.90. The van der Waals surface area contributed by atoms with Gasteiger partial charge in [-0.1, -0.05) is 6.92 Å². The molecule has 1 fully saturated rings. The molecule has 0 bridgehead atoms. The maximum atomic E-state index is 5.83. The molecular formula is C10H20O3. The van der Waals surface area contributed by atoms with Crippen LogP contribution in [0.1, 0.15) is 27.2 Å². The maximum absolute atomic E-state index is 5.83. The van der Waals surface area contributed by atoms with Crippen LogP contribution in [0.4, 0.5) is 0 Å². The Hall–Kier alpha value is -0.120. The number of rotatable bonds is 5. The standard InChI is InChI=1S/C10H20O3/c1-5-10(7-12-9(10)3)13-6-8(2)11-4/h8-9H,5-7H2,1-4H3. The zero-order valence-corrected chi connectivity index (χ0v) is 9.00. The van der Waals surface area contributed by atoms with Gasteiger partial charge < -0.3 is 14.2 Å². The van der Waals surface area contributed by atoms with E-state index in [1.165, 1.54) is 0 Å². The van der Waals surface area contributed by atoms with Gasteiger partial charge in [-0.25, -0.2) is 0 Å². The molecule has 3 atom stereocenters. The van der Waals surface area contributed by atoms with E-state index < -0.39 is 0 Å². The van der Waals surface area contributed by atoms with Crippen LogP contribution in [0, 0.1) is 0 Å². The summed E-state index contributed by atoms with van der Waals surface area (Å²) < 4.78 is 16.3. The summed E-state index contributed by atoms with van der Waals surface area (Å²) in [5.74, 6) is 0. The van der Waals surface area contributed by atoms with Crippen molar-refractivity contribution in [1.82, 2.24) is 0 Å². The van der Waals surface area contributed by atoms with Crippen LogP contribution in [0.3, 0.4) is 0 Å². The maximum Gasteiger partial charge on any atom is 0.117 e. The Morgan fingerprint density at radius 3 is 2.62 bits per heavy atom. The van der Waals surface area contributed by atoms with Gasteiger partial charge in [0.25, 0.3) is 0 Å². The fraction of sp³-hybridized carbons (Fsp3) is 1.00. The monoisotopic (exact) mass is 188 g/mol. The van der Waals surface area contributed by atoms with Crippen molar-refractivity contribution in [3.8, 4) is 0 Å². The summed E-state index contributed by atoms with van der Waals surface area (Å²) in [5.41, 5.74) is -0.0488. The minimum Gasteiger partial charge on any atom is -0.379 e. The molecule has 0 aromatic heterocycles. The minimum atomic E-state index is -0.0488. The van der Waals surface area contributed by atoms with Gasteiger partial charge in [-0.15, -0.1) is 0 Å². The Bertz CT molecular complexity index is 156. The van der Waals surface area contributed by atoms with Crippen LogP contribution in [0.2, 0.25) is 0 Å². The normalized spacial score (nSPS) is 35.5. The van der Waals surface area contributed by atoms with E-state index in [4.69, 9.17) is 14.2 Å². The molecule has 0 spiro atoms. The zero-order valence-electron chi connectivity index (χ0n) is 9.00. The highest BCUT2D eigenvalue weighted by molar-refractivity contribution is 4.93. The van der Waals surface area contributed by atoms with Gasteiger partial charge in [0.2, 0.25) is 0 Å². The average molecular weight is 188 g/mol. The van der Waals surface area contributed by atoms with Gasteiger partial charge in [0.15, 0.2) is 0 Å². The molecule has 0 aromatic rings. The van der Waals surface area contributed by atoms with Crippen molar-refractivity contribution in [2.45, 2.75) is 45.0 Å². The van der Waals surface area contributed by atoms with Gasteiger partial charge in [0, 0.05) is 7.11 Å². The molecule has 0 aliphatic carbocycles. The number of hydrogen-bond donors (Lipinski definition) is 0. The summed E-state index contributed by atoms with van der Waals surface area (Å²) in [5, 5.41) is 0. The molecule has 3 heteroatoms. The molecule has 0 radical (unpaired) electrons. The van der Waals surface area contributed by atoms with Crippen LogP contribution in [0.15, 0.2) is 0 Å². The molecule has 1 saturated heterocycles. The summed E-state index contributed by atoms with van der Waals surface area (Å²) in [7, 11) is 1.70. The lowest BCUT2D eigenvalue weighted by Gasteiger charge is -2.47. The molecule has 0 saturated carbocycles. The lowest BCUT2D eigenvalue weighted by molar-refractivity contribution is -0.262. The van der Waals surface area contributed by atoms with Crippen LogP contribution < -0.4 is 0 Å². The van der Waals surface area contributed by atoms with E-state index >= 15 is 0 Å². The van der Waals surface area contributed by atoms with Crippen LogP contribution in [0.5, 0.6) is 0 Å². The van der Waals surface area contributed by atoms with Crippen molar-refractivity contribution in [1.29, 1.82) is 0 Å². The van der Waals surface area contributed by atoms with Gasteiger partial charge >= 0.3 is 0 Å². The molecule has 0 aromatic carbocycles. The highest BCUT2D eigenvalue weighted by atomic mass is 16.6. The lowest BCUT2D eigenvalue weighted by Crippen LogP contribution is -2.58. The van der Waals surface area contributed by atoms with Crippen molar-refractivity contribution >= 4 is 0 Å². The van der Waals surface area contributed by atoms with E-state index in [1.807, 2.05) is 6.92 Å². The lowest BCUT2D eigenvalue weighted by atomic mass is 9.90. The molecular weight excluding hydrogens is 168 g/mol. The van der Waals surface area contributed by atoms with E-state index in [0.717, 1.165) is 13.0 Å². The second kappa shape index (κ2) is 4.40. The predicted molar refractivity (Wildman–Crippen MR) is 50.9 cm³/mol. The summed E-state index contributed by atoms with van der Waals surface area (Å²) in [4.78, 5) is 0. The van der Waals surface area contributed by atoms with Crippen molar-refractivity contribution in [3.63, 3.8) is 0 Å². The van der Waals surface area contributed by atoms with Crippen molar-refractivity contribution in [2.75, 3.05) is 20.3 Å². The quantitative estimate of drug-likeness (QED) is 0.656. The minimum absolute atomic E-state index is 0.0488. The van der Waals surface area contributed by atoms with Gasteiger partial charge in [-0.2, -0.15) is 0 Å². The first kappa shape index (κ1) is 11.0. The first-order valence-corrected chi connectivity index (χ1v) is 4.93. The van der Waals surface area contributed by atoms with Crippen molar-refractivity contribution in [2.24, 2.45) is 0 Å². The molecule has 1 aliphatic heterocycles. The molecule has 3 unspecified atom stereocenters. The third kappa shape index (κ3) is 2.22. The molecule has 1 rings (SSSR count). The molecule has 1 heterocycles. The Balaban J connectivity index is 2.32. The highest BCUT2D eigenvalue weighted by Gasteiger charge is 2.45. The fourth-order valence-electron chi connectivity index (χ4n) is 1.44. The SMILES string of the molecule is CCC1(OCC(C)OC)COC1C. The largest absolute Gasteiger partial charge is 0.379 e. The third-order valence-electron chi connectivity index (χ3n) is 2.92. The van der Waals surface area contributed by atoms with Crippen LogP contribution >= 0.6 is 0 Å². The molecule has 78 valence electrons. The Morgan fingerprint density at radius 2 is 2.31 bits per heavy atom. The van der Waals surface area contributed by atoms with Gasteiger partial charge in [-0.05, 0) is 20.3 Å². The molecule has 3 nitrogen and oxygen atoms in total. The average Bonchev–Trinajstić information content (AvgIpc) is 2.16. The second-order valence-corrected chi connectivity index (χ2v) is 3.73. The Morgan fingerprint density at radius 1 is 1.62 bits per heavy atom. The summed E-state index contributed by atoms with van der Waals surface area (Å²) in [6, 6.07) is 0. The first-order valence-electron chi connectivity index (χ1n) is 4.93. The van der Waals surface area contributed by atoms with E-state index in [1.54, 1.807) is 7.11 Å². The highest BCUT2D eigenvalue weighted by Crippen LogP contribution is 2.32. The molecule has 1 aliphatic rings. The number of ether oxygens (including phenoxy) is 3. The smallest absolute Gasteiger partial charge is 0.117 e. The van der Waals surface area contributed by atoms with E-state index in [9.17, 15) is 0 Å².